The Balaban J connectivity index is 0.000000116. The molecule has 9 aliphatic rings. The van der Waals surface area contributed by atoms with Gasteiger partial charge in [0.25, 0.3) is 0 Å². The van der Waals surface area contributed by atoms with Crippen LogP contribution in [0.25, 0.3) is 50.5 Å². The van der Waals surface area contributed by atoms with Crippen LogP contribution < -0.4 is 27.8 Å². The fourth-order valence-electron chi connectivity index (χ4n) is 17.6. The van der Waals surface area contributed by atoms with Gasteiger partial charge in [0.2, 0.25) is 23.6 Å². The maximum atomic E-state index is 13.2. The summed E-state index contributed by atoms with van der Waals surface area (Å²) in [6.45, 7) is 15.0. The van der Waals surface area contributed by atoms with E-state index in [9.17, 15) is 36.7 Å². The van der Waals surface area contributed by atoms with Crippen LogP contribution >= 0.6 is 0 Å². The largest absolute Gasteiger partial charge is 0.398 e. The second-order valence-electron chi connectivity index (χ2n) is 34.1. The van der Waals surface area contributed by atoms with Crippen molar-refractivity contribution in [1.29, 1.82) is 0 Å². The van der Waals surface area contributed by atoms with Crippen molar-refractivity contribution >= 4 is 57.8 Å². The van der Waals surface area contributed by atoms with Gasteiger partial charge in [-0.1, -0.05) is 24.3 Å². The number of aromatic nitrogens is 6. The van der Waals surface area contributed by atoms with Gasteiger partial charge in [0.15, 0.2) is 0 Å². The van der Waals surface area contributed by atoms with Crippen LogP contribution in [-0.4, -0.2) is 174 Å². The van der Waals surface area contributed by atoms with Gasteiger partial charge in [-0.2, -0.15) is 0 Å². The van der Waals surface area contributed by atoms with E-state index in [2.05, 4.69) is 87.9 Å². The number of amides is 4. The van der Waals surface area contributed by atoms with E-state index in [4.69, 9.17) is 22.9 Å². The van der Waals surface area contributed by atoms with Gasteiger partial charge < -0.3 is 62.1 Å². The number of fused-ring (bicyclic) bond motifs is 4. The van der Waals surface area contributed by atoms with Gasteiger partial charge in [0, 0.05) is 157 Å². The van der Waals surface area contributed by atoms with Crippen molar-refractivity contribution in [3.8, 4) is 44.9 Å². The van der Waals surface area contributed by atoms with Crippen molar-refractivity contribution in [2.75, 3.05) is 114 Å². The molecule has 2 atom stereocenters. The Morgan fingerprint density at radius 2 is 0.862 bits per heavy atom. The number of anilines is 5. The zero-order chi connectivity index (χ0) is 85.1. The molecule has 123 heavy (non-hydrogen) atoms. The number of likely N-dealkylation sites (tertiary alicyclic amines) is 3. The minimum absolute atomic E-state index is 0.00960. The SMILES string of the molecule is CN1CC(CN2CC3CN(C(=O)Cc4nc(-c5ccc(F)cc5)ccc4N)CC3C2)C1.CN1CC=C(c2cnc3c(c2)CN(C(=O)Cc2nc(-c4ccc(F)cc4)ccc2N)C3)CC1.Nc1ccc(-c2ccc(F)cc2)cc1CC(=O)N1Cc2cnc(N3CCC3)cc2C1.Nc1ccc(-c2ccc(F)cc2)nc1CC(=O)N1Cc2cnc(C3CC3)cc2C1. The Morgan fingerprint density at radius 3 is 1.35 bits per heavy atom. The lowest BCUT2D eigenvalue weighted by Gasteiger charge is -2.38. The minimum Gasteiger partial charge on any atom is -0.398 e. The normalized spacial score (nSPS) is 17.7. The quantitative estimate of drug-likeness (QED) is 0.0487. The number of halogens is 4. The lowest BCUT2D eigenvalue weighted by molar-refractivity contribution is -0.131. The van der Waals surface area contributed by atoms with Gasteiger partial charge in [-0.15, -0.1) is 0 Å². The highest BCUT2D eigenvalue weighted by Gasteiger charge is 2.43. The highest BCUT2D eigenvalue weighted by molar-refractivity contribution is 5.85. The topological polar surface area (TPSA) is 276 Å². The van der Waals surface area contributed by atoms with Crippen LogP contribution in [0.15, 0.2) is 195 Å². The van der Waals surface area contributed by atoms with Gasteiger partial charge in [-0.3, -0.25) is 44.1 Å². The minimum atomic E-state index is -0.304. The molecule has 2 unspecified atom stereocenters. The summed E-state index contributed by atoms with van der Waals surface area (Å²) in [5.41, 5.74) is 45.5. The Bertz CT molecular complexity index is 5790. The highest BCUT2D eigenvalue weighted by Crippen LogP contribution is 2.41. The Morgan fingerprint density at radius 1 is 0.407 bits per heavy atom. The molecule has 6 aromatic heterocycles. The standard InChI is InChI=1S/C26H26FN5O.C24H30FN5O.C24H23FN4O.C23H21FN4O/c1-31-10-8-17(9-11-31)19-12-20-15-32(16-25(20)29-14-19)26(33)13-24-22(28)6-7-23(30-24)18-2-4-21(27)5-3-18;1-28-9-16(10-28)11-29-12-18-14-30(15-19(18)13-29)24(31)8-23-21(26)6-7-22(27-23)17-2-4-20(25)5-3-17;25-21-5-2-16(3-6-21)17-4-7-22(26)18(10-17)12-24(30)29-14-19-11-23(28-8-1-9-28)27-13-20(19)15-29;24-18-5-3-14(4-6-18)20-8-7-19(25)22(27-20)10-23(29)28-12-16-9-21(15-1-2-15)26-11-17(16)13-28/h2-8,12,14H,9-11,13,15-16,28H2,1H3;2-7,16,18-19H,8-15,26H2,1H3;2-7,10-11,13H,1,8-9,12,14-15,26H2;3-9,11,15H,1-2,10,12-13,25H2. The molecule has 1 aliphatic carbocycles. The number of benzene rings is 5. The second-order valence-corrected chi connectivity index (χ2v) is 34.1. The Labute approximate surface area is 713 Å². The van der Waals surface area contributed by atoms with Crippen molar-refractivity contribution < 1.29 is 36.7 Å². The van der Waals surface area contributed by atoms with Crippen molar-refractivity contribution in [2.45, 2.75) is 96.6 Å². The predicted molar refractivity (Wildman–Crippen MR) is 469 cm³/mol. The Kier molecular flexibility index (Phi) is 24.2. The third-order valence-corrected chi connectivity index (χ3v) is 25.0. The first kappa shape index (κ1) is 82.5. The molecule has 0 radical (unpaired) electrons. The summed E-state index contributed by atoms with van der Waals surface area (Å²) in [6.07, 6.45) is 13.3. The average Bonchev–Trinajstić information content (AvgIpc) is 1.66. The molecule has 22 nitrogen and oxygen atoms in total. The van der Waals surface area contributed by atoms with Crippen LogP contribution in [0.3, 0.4) is 0 Å². The number of carbonyl (C=O) groups excluding carboxylic acids is 4. The van der Waals surface area contributed by atoms with Crippen molar-refractivity contribution in [3.05, 3.63) is 285 Å². The molecule has 0 spiro atoms. The van der Waals surface area contributed by atoms with Gasteiger partial charge in [0.05, 0.1) is 89.1 Å². The molecule has 1 saturated carbocycles. The first-order chi connectivity index (χ1) is 59.5. The first-order valence-corrected chi connectivity index (χ1v) is 42.3. The smallest absolute Gasteiger partial charge is 0.229 e. The molecule has 4 saturated heterocycles. The Hall–Kier alpha value is -12.8. The molecule has 26 heteroatoms. The van der Waals surface area contributed by atoms with Crippen LogP contribution in [0.5, 0.6) is 0 Å². The monoisotopic (exact) mass is 1660 g/mol. The summed E-state index contributed by atoms with van der Waals surface area (Å²) >= 11 is 0. The number of hydrogen-bond donors (Lipinski definition) is 4. The fourth-order valence-corrected chi connectivity index (χ4v) is 17.6. The zero-order valence-electron chi connectivity index (χ0n) is 69.2. The molecule has 0 bridgehead atoms. The number of nitrogens with zero attached hydrogens (tertiary/aromatic N) is 14. The van der Waals surface area contributed by atoms with Crippen LogP contribution in [0.1, 0.15) is 99.0 Å². The molecular formula is C97H100F4N18O4. The first-order valence-electron chi connectivity index (χ1n) is 42.3. The van der Waals surface area contributed by atoms with E-state index in [1.165, 1.54) is 104 Å². The van der Waals surface area contributed by atoms with E-state index in [1.807, 2.05) is 57.6 Å². The number of likely N-dealkylation sites (N-methyl/N-ethyl adjacent to an activating group) is 1. The molecule has 4 amide bonds. The van der Waals surface area contributed by atoms with Crippen LogP contribution in [-0.2, 0) is 84.1 Å². The number of nitrogen functional groups attached to an aromatic ring is 4. The van der Waals surface area contributed by atoms with Crippen LogP contribution in [0, 0.1) is 41.0 Å². The molecule has 8 N–H and O–H groups in total. The number of pyridine rings is 6. The molecule has 630 valence electrons. The summed E-state index contributed by atoms with van der Waals surface area (Å²) < 4.78 is 52.9. The molecule has 5 aromatic carbocycles. The molecule has 20 rings (SSSR count). The van der Waals surface area contributed by atoms with E-state index < -0.39 is 0 Å². The van der Waals surface area contributed by atoms with Crippen LogP contribution in [0.4, 0.5) is 46.1 Å². The summed E-state index contributed by atoms with van der Waals surface area (Å²) in [6, 6.07) is 47.5. The summed E-state index contributed by atoms with van der Waals surface area (Å²) in [5, 5.41) is 0. The summed E-state index contributed by atoms with van der Waals surface area (Å²) in [5.74, 6) is 2.50. The lowest BCUT2D eigenvalue weighted by Crippen LogP contribution is -2.49. The van der Waals surface area contributed by atoms with Gasteiger partial charge >= 0.3 is 0 Å². The molecule has 14 heterocycles. The molecular weight excluding hydrogens is 1560 g/mol. The van der Waals surface area contributed by atoms with Gasteiger partial charge in [-0.05, 0) is 265 Å². The summed E-state index contributed by atoms with van der Waals surface area (Å²) in [4.78, 5) is 96.6. The molecule has 11 aromatic rings. The van der Waals surface area contributed by atoms with E-state index in [-0.39, 0.29) is 72.6 Å². The van der Waals surface area contributed by atoms with Gasteiger partial charge in [-0.25, -0.2) is 22.5 Å². The van der Waals surface area contributed by atoms with Crippen molar-refractivity contribution in [1.82, 2.24) is 64.2 Å². The predicted octanol–water partition coefficient (Wildman–Crippen LogP) is 13.2. The average molecular weight is 1660 g/mol. The third kappa shape index (κ3) is 19.6. The van der Waals surface area contributed by atoms with E-state index in [0.29, 0.717) is 114 Å². The third-order valence-electron chi connectivity index (χ3n) is 25.0. The maximum Gasteiger partial charge on any atom is 0.229 e. The van der Waals surface area contributed by atoms with E-state index in [0.717, 1.165) is 138 Å². The molecule has 5 fully saturated rings. The zero-order valence-corrected chi connectivity index (χ0v) is 69.2. The fraction of sp³-hybridized carbons (Fsp3) is 0.320. The van der Waals surface area contributed by atoms with Crippen molar-refractivity contribution in [2.24, 2.45) is 17.8 Å². The van der Waals surface area contributed by atoms with Gasteiger partial charge in [0.1, 0.15) is 29.1 Å². The number of carbonyl (C=O) groups is 4. The van der Waals surface area contributed by atoms with Crippen molar-refractivity contribution in [3.63, 3.8) is 0 Å². The summed E-state index contributed by atoms with van der Waals surface area (Å²) in [7, 11) is 4.30. The van der Waals surface area contributed by atoms with E-state index in [1.54, 1.807) is 83.8 Å². The van der Waals surface area contributed by atoms with E-state index >= 15 is 0 Å². The highest BCUT2D eigenvalue weighted by atomic mass is 19.1. The second kappa shape index (κ2) is 36.1. The maximum absolute atomic E-state index is 13.2. The number of nitrogens with two attached hydrogens (primary N) is 4. The van der Waals surface area contributed by atoms with Crippen LogP contribution in [0.2, 0.25) is 0 Å². The lowest BCUT2D eigenvalue weighted by atomic mass is 9.99. The molecule has 8 aliphatic heterocycles. The number of rotatable bonds is 17. The number of hydrogen-bond acceptors (Lipinski definition) is 18.